The van der Waals surface area contributed by atoms with Gasteiger partial charge < -0.3 is 19.9 Å². The first-order chi connectivity index (χ1) is 15.7. The van der Waals surface area contributed by atoms with Crippen LogP contribution in [0.4, 0.5) is 4.39 Å². The van der Waals surface area contributed by atoms with Gasteiger partial charge in [0.1, 0.15) is 23.4 Å². The lowest BCUT2D eigenvalue weighted by atomic mass is 9.99. The number of hydrogen-bond acceptors (Lipinski definition) is 4. The van der Waals surface area contributed by atoms with Crippen LogP contribution in [0.2, 0.25) is 10.0 Å². The van der Waals surface area contributed by atoms with Crippen molar-refractivity contribution >= 4 is 35.1 Å². The summed E-state index contributed by atoms with van der Waals surface area (Å²) in [6, 6.07) is 13.2. The van der Waals surface area contributed by atoms with Crippen LogP contribution >= 0.6 is 23.2 Å². The summed E-state index contributed by atoms with van der Waals surface area (Å²) in [6.45, 7) is 0. The fourth-order valence-corrected chi connectivity index (χ4v) is 4.00. The predicted octanol–water partition coefficient (Wildman–Crippen LogP) is 5.24. The van der Waals surface area contributed by atoms with Crippen LogP contribution < -0.4 is 14.8 Å². The zero-order valence-corrected chi connectivity index (χ0v) is 19.2. The molecule has 0 aliphatic carbocycles. The molecule has 172 valence electrons. The fraction of sp³-hybridized carbons (Fsp3) is 0.167. The van der Waals surface area contributed by atoms with Gasteiger partial charge in [0.15, 0.2) is 0 Å². The van der Waals surface area contributed by atoms with Crippen molar-refractivity contribution in [3.05, 3.63) is 81.6 Å². The first kappa shape index (κ1) is 24.4. The normalized spacial score (nSPS) is 11.5. The maximum Gasteiger partial charge on any atom is 0.326 e. The average molecular weight is 492 g/mol. The van der Waals surface area contributed by atoms with E-state index in [-0.39, 0.29) is 22.0 Å². The molecule has 1 atom stereocenters. The highest BCUT2D eigenvalue weighted by Crippen LogP contribution is 2.38. The minimum atomic E-state index is -1.26. The second kappa shape index (κ2) is 10.6. The lowest BCUT2D eigenvalue weighted by Crippen LogP contribution is -2.42. The van der Waals surface area contributed by atoms with Gasteiger partial charge in [0.2, 0.25) is 0 Å². The van der Waals surface area contributed by atoms with Crippen molar-refractivity contribution in [3.8, 4) is 22.6 Å². The molecule has 6 nitrogen and oxygen atoms in total. The van der Waals surface area contributed by atoms with E-state index in [0.717, 1.165) is 23.3 Å². The number of nitrogens with one attached hydrogen (secondary N) is 1. The molecule has 1 amide bonds. The highest BCUT2D eigenvalue weighted by Gasteiger charge is 2.24. The third-order valence-corrected chi connectivity index (χ3v) is 5.54. The van der Waals surface area contributed by atoms with Gasteiger partial charge in [-0.15, -0.1) is 0 Å². The van der Waals surface area contributed by atoms with Gasteiger partial charge in [-0.05, 0) is 35.4 Å². The van der Waals surface area contributed by atoms with Gasteiger partial charge in [-0.1, -0.05) is 53.5 Å². The van der Waals surface area contributed by atoms with Crippen molar-refractivity contribution in [2.75, 3.05) is 14.2 Å². The molecular weight excluding hydrogens is 472 g/mol. The molecule has 3 rings (SSSR count). The van der Waals surface area contributed by atoms with Crippen LogP contribution in [0.1, 0.15) is 15.9 Å². The summed E-state index contributed by atoms with van der Waals surface area (Å²) in [6.07, 6.45) is 0.000839. The van der Waals surface area contributed by atoms with Crippen molar-refractivity contribution in [2.24, 2.45) is 0 Å². The number of ether oxygens (including phenoxy) is 2. The molecule has 33 heavy (non-hydrogen) atoms. The smallest absolute Gasteiger partial charge is 0.326 e. The standard InChI is InChI=1S/C24H20Cl2FNO5/c1-32-19-4-3-5-20(33-2)21(19)14-8-6-13(7-9-14)10-18(24(30)31)28-23(29)22-16(25)11-15(27)12-17(22)26/h3-9,11-12,18H,10H2,1-2H3,(H,28,29)(H,30,31)/t18-/m0/s1. The molecular formula is C24H20Cl2FNO5. The van der Waals surface area contributed by atoms with Gasteiger partial charge in [0.05, 0.1) is 35.4 Å². The summed E-state index contributed by atoms with van der Waals surface area (Å²) in [5.74, 6) is -1.50. The van der Waals surface area contributed by atoms with Crippen LogP contribution in [0.3, 0.4) is 0 Å². The van der Waals surface area contributed by atoms with Crippen molar-refractivity contribution in [2.45, 2.75) is 12.5 Å². The van der Waals surface area contributed by atoms with Crippen molar-refractivity contribution in [1.29, 1.82) is 0 Å². The van der Waals surface area contributed by atoms with Gasteiger partial charge in [-0.3, -0.25) is 4.79 Å². The number of carboxylic acid groups (broad SMARTS) is 1. The molecule has 0 heterocycles. The van der Waals surface area contributed by atoms with E-state index in [9.17, 15) is 19.1 Å². The molecule has 0 unspecified atom stereocenters. The summed E-state index contributed by atoms with van der Waals surface area (Å²) in [5.41, 5.74) is 2.05. The lowest BCUT2D eigenvalue weighted by Gasteiger charge is -2.17. The molecule has 0 aromatic heterocycles. The van der Waals surface area contributed by atoms with Crippen molar-refractivity contribution < 1.29 is 28.6 Å². The summed E-state index contributed by atoms with van der Waals surface area (Å²) in [7, 11) is 3.12. The minimum Gasteiger partial charge on any atom is -0.496 e. The Hall–Kier alpha value is -3.29. The van der Waals surface area contributed by atoms with Crippen LogP contribution in [-0.4, -0.2) is 37.2 Å². The van der Waals surface area contributed by atoms with Crippen LogP contribution in [0.15, 0.2) is 54.6 Å². The summed E-state index contributed by atoms with van der Waals surface area (Å²) in [5, 5.41) is 11.6. The Morgan fingerprint density at radius 1 is 1.00 bits per heavy atom. The highest BCUT2D eigenvalue weighted by atomic mass is 35.5. The van der Waals surface area contributed by atoms with Gasteiger partial charge >= 0.3 is 5.97 Å². The fourth-order valence-electron chi connectivity index (χ4n) is 3.37. The molecule has 2 N–H and O–H groups in total. The van der Waals surface area contributed by atoms with E-state index in [1.54, 1.807) is 26.4 Å². The van der Waals surface area contributed by atoms with Crippen molar-refractivity contribution in [3.63, 3.8) is 0 Å². The Morgan fingerprint density at radius 2 is 1.55 bits per heavy atom. The number of hydrogen-bond donors (Lipinski definition) is 2. The second-order valence-electron chi connectivity index (χ2n) is 7.05. The van der Waals surface area contributed by atoms with Gasteiger partial charge in [-0.2, -0.15) is 0 Å². The largest absolute Gasteiger partial charge is 0.496 e. The molecule has 0 saturated carbocycles. The number of halogens is 3. The molecule has 3 aromatic rings. The first-order valence-corrected chi connectivity index (χ1v) is 10.5. The van der Waals surface area contributed by atoms with Crippen LogP contribution in [0.25, 0.3) is 11.1 Å². The number of benzene rings is 3. The second-order valence-corrected chi connectivity index (χ2v) is 7.86. The molecule has 9 heteroatoms. The number of methoxy groups -OCH3 is 2. The van der Waals surface area contributed by atoms with E-state index in [4.69, 9.17) is 32.7 Å². The van der Waals surface area contributed by atoms with E-state index >= 15 is 0 Å². The van der Waals surface area contributed by atoms with Gasteiger partial charge in [0, 0.05) is 6.42 Å². The number of rotatable bonds is 8. The maximum atomic E-state index is 13.4. The number of carboxylic acids is 1. The molecule has 0 bridgehead atoms. The SMILES string of the molecule is COc1cccc(OC)c1-c1ccc(C[C@H](NC(=O)c2c(Cl)cc(F)cc2Cl)C(=O)O)cc1. The molecule has 0 radical (unpaired) electrons. The first-order valence-electron chi connectivity index (χ1n) is 9.73. The Bertz CT molecular complexity index is 1140. The zero-order valence-electron chi connectivity index (χ0n) is 17.7. The Balaban J connectivity index is 1.82. The maximum absolute atomic E-state index is 13.4. The molecule has 3 aromatic carbocycles. The number of carbonyl (C=O) groups is 2. The molecule has 0 fully saturated rings. The third kappa shape index (κ3) is 5.56. The third-order valence-electron chi connectivity index (χ3n) is 4.95. The summed E-state index contributed by atoms with van der Waals surface area (Å²) >= 11 is 11.8. The Labute approximate surface area is 199 Å². The highest BCUT2D eigenvalue weighted by molar-refractivity contribution is 6.39. The number of aliphatic carboxylic acids is 1. The van der Waals surface area contributed by atoms with Crippen molar-refractivity contribution in [1.82, 2.24) is 5.32 Å². The molecule has 0 aliphatic rings. The zero-order chi connectivity index (χ0) is 24.1. The van der Waals surface area contributed by atoms with Crippen LogP contribution in [0, 0.1) is 5.82 Å². The monoisotopic (exact) mass is 491 g/mol. The van der Waals surface area contributed by atoms with Crippen LogP contribution in [0.5, 0.6) is 11.5 Å². The number of carbonyl (C=O) groups excluding carboxylic acids is 1. The van der Waals surface area contributed by atoms with Gasteiger partial charge in [-0.25, -0.2) is 9.18 Å². The predicted molar refractivity (Wildman–Crippen MR) is 124 cm³/mol. The molecule has 0 spiro atoms. The summed E-state index contributed by atoms with van der Waals surface area (Å²) in [4.78, 5) is 24.4. The summed E-state index contributed by atoms with van der Waals surface area (Å²) < 4.78 is 24.3. The van der Waals surface area contributed by atoms with E-state index in [2.05, 4.69) is 5.32 Å². The minimum absolute atomic E-state index is 0.000839. The molecule has 0 aliphatic heterocycles. The average Bonchev–Trinajstić information content (AvgIpc) is 2.77. The van der Waals surface area contributed by atoms with E-state index in [1.807, 2.05) is 30.3 Å². The quantitative estimate of drug-likeness (QED) is 0.449. The molecule has 0 saturated heterocycles. The van der Waals surface area contributed by atoms with E-state index in [1.165, 1.54) is 0 Å². The van der Waals surface area contributed by atoms with Crippen LogP contribution in [-0.2, 0) is 11.2 Å². The Morgan fingerprint density at radius 3 is 2.03 bits per heavy atom. The number of amides is 1. The lowest BCUT2D eigenvalue weighted by molar-refractivity contribution is -0.139. The Kier molecular flexibility index (Phi) is 7.79. The van der Waals surface area contributed by atoms with E-state index < -0.39 is 23.7 Å². The van der Waals surface area contributed by atoms with E-state index in [0.29, 0.717) is 17.1 Å². The van der Waals surface area contributed by atoms with Gasteiger partial charge in [0.25, 0.3) is 5.91 Å². The topological polar surface area (TPSA) is 84.9 Å².